The highest BCUT2D eigenvalue weighted by molar-refractivity contribution is 6.08. The molecule has 0 aliphatic carbocycles. The fraction of sp³-hybridized carbons (Fsp3) is 0.280. The Hall–Kier alpha value is -4.14. The number of hydrogen-bond acceptors (Lipinski definition) is 8. The lowest BCUT2D eigenvalue weighted by molar-refractivity contribution is 0.102. The summed E-state index contributed by atoms with van der Waals surface area (Å²) in [5, 5.41) is 10.9. The van der Waals surface area contributed by atoms with Crippen molar-refractivity contribution in [3.05, 3.63) is 71.7 Å². The van der Waals surface area contributed by atoms with Gasteiger partial charge in [0.15, 0.2) is 5.69 Å². The highest BCUT2D eigenvalue weighted by Gasteiger charge is 2.24. The fourth-order valence-corrected chi connectivity index (χ4v) is 3.58. The molecule has 1 amide bonds. The maximum Gasteiger partial charge on any atom is 0.261 e. The van der Waals surface area contributed by atoms with Gasteiger partial charge in [-0.3, -0.25) is 4.79 Å². The number of hydrogen-bond donors (Lipinski definition) is 1. The van der Waals surface area contributed by atoms with Crippen LogP contribution >= 0.6 is 0 Å². The minimum absolute atomic E-state index is 0.260. The number of carbonyl (C=O) groups is 1. The second-order valence-electron chi connectivity index (χ2n) is 7.59. The third-order valence-electron chi connectivity index (χ3n) is 5.37. The van der Waals surface area contributed by atoms with Crippen LogP contribution in [0.1, 0.15) is 35.7 Å². The third kappa shape index (κ3) is 5.25. The van der Waals surface area contributed by atoms with E-state index < -0.39 is 0 Å². The summed E-state index contributed by atoms with van der Waals surface area (Å²) in [4.78, 5) is 19.4. The first-order valence-corrected chi connectivity index (χ1v) is 11.2. The number of amides is 1. The van der Waals surface area contributed by atoms with E-state index in [4.69, 9.17) is 13.8 Å². The van der Waals surface area contributed by atoms with Crippen LogP contribution in [0.2, 0.25) is 0 Å². The van der Waals surface area contributed by atoms with Crippen LogP contribution < -0.4 is 15.0 Å². The molecule has 9 heteroatoms. The Bertz CT molecular complexity index is 1210. The Kier molecular flexibility index (Phi) is 7.22. The number of carbonyl (C=O) groups excluding carboxylic acids is 1. The molecule has 4 rings (SSSR count). The van der Waals surface area contributed by atoms with Crippen LogP contribution in [0.15, 0.2) is 63.8 Å². The van der Waals surface area contributed by atoms with E-state index in [0.717, 1.165) is 18.8 Å². The quantitative estimate of drug-likeness (QED) is 0.360. The van der Waals surface area contributed by atoms with Crippen molar-refractivity contribution in [1.29, 1.82) is 0 Å². The molecule has 0 saturated carbocycles. The van der Waals surface area contributed by atoms with E-state index in [9.17, 15) is 4.79 Å². The molecular weight excluding hydrogens is 434 g/mol. The maximum absolute atomic E-state index is 13.1. The van der Waals surface area contributed by atoms with Gasteiger partial charge in [0.2, 0.25) is 11.6 Å². The topological polar surface area (TPSA) is 107 Å². The Balaban J connectivity index is 1.43. The van der Waals surface area contributed by atoms with Crippen LogP contribution in [0, 0.1) is 6.92 Å². The molecule has 0 radical (unpaired) electrons. The smallest absolute Gasteiger partial charge is 0.261 e. The molecule has 0 aliphatic rings. The van der Waals surface area contributed by atoms with Crippen LogP contribution in [-0.2, 0) is 6.42 Å². The zero-order valence-corrected chi connectivity index (χ0v) is 19.4. The molecule has 0 unspecified atom stereocenters. The first-order chi connectivity index (χ1) is 16.6. The van der Waals surface area contributed by atoms with Crippen molar-refractivity contribution in [3.63, 3.8) is 0 Å². The lowest BCUT2D eigenvalue weighted by Crippen LogP contribution is -2.21. The molecule has 0 fully saturated rings. The van der Waals surface area contributed by atoms with Gasteiger partial charge in [-0.25, -0.2) is 4.98 Å². The number of benzene rings is 1. The first kappa shape index (κ1) is 23.0. The van der Waals surface area contributed by atoms with Gasteiger partial charge in [-0.1, -0.05) is 16.4 Å². The molecule has 1 aromatic carbocycles. The summed E-state index contributed by atoms with van der Waals surface area (Å²) >= 11 is 0. The monoisotopic (exact) mass is 461 g/mol. The molecule has 3 heterocycles. The molecule has 3 aromatic heterocycles. The molecule has 0 aliphatic heterocycles. The van der Waals surface area contributed by atoms with Gasteiger partial charge in [0, 0.05) is 49.2 Å². The summed E-state index contributed by atoms with van der Waals surface area (Å²) in [5.74, 6) is 1.07. The Morgan fingerprint density at radius 1 is 1.06 bits per heavy atom. The molecule has 0 bridgehead atoms. The lowest BCUT2D eigenvalue weighted by Gasteiger charge is -2.21. The third-order valence-corrected chi connectivity index (χ3v) is 5.37. The lowest BCUT2D eigenvalue weighted by atomic mass is 10.1. The number of nitrogens with zero attached hydrogens (tertiary/aromatic N) is 4. The average molecular weight is 462 g/mol. The van der Waals surface area contributed by atoms with E-state index in [2.05, 4.69) is 39.4 Å². The number of ether oxygens (including phenoxy) is 1. The minimum Gasteiger partial charge on any atom is -0.477 e. The molecule has 1 N–H and O–H groups in total. The summed E-state index contributed by atoms with van der Waals surface area (Å²) < 4.78 is 16.4. The van der Waals surface area contributed by atoms with Gasteiger partial charge >= 0.3 is 0 Å². The van der Waals surface area contributed by atoms with Gasteiger partial charge in [-0.2, -0.15) is 0 Å². The van der Waals surface area contributed by atoms with Gasteiger partial charge in [0.25, 0.3) is 5.91 Å². The van der Waals surface area contributed by atoms with Crippen LogP contribution in [0.4, 0.5) is 11.4 Å². The van der Waals surface area contributed by atoms with Crippen molar-refractivity contribution < 1.29 is 18.6 Å². The average Bonchev–Trinajstić information content (AvgIpc) is 3.48. The first-order valence-electron chi connectivity index (χ1n) is 11.2. The van der Waals surface area contributed by atoms with Crippen LogP contribution in [0.25, 0.3) is 11.5 Å². The highest BCUT2D eigenvalue weighted by Crippen LogP contribution is 2.27. The van der Waals surface area contributed by atoms with E-state index in [-0.39, 0.29) is 11.7 Å². The number of aryl methyl sites for hydroxylation is 1. The van der Waals surface area contributed by atoms with Crippen molar-refractivity contribution in [2.24, 2.45) is 0 Å². The second-order valence-corrected chi connectivity index (χ2v) is 7.59. The van der Waals surface area contributed by atoms with Crippen LogP contribution in [0.3, 0.4) is 0 Å². The van der Waals surface area contributed by atoms with Crippen molar-refractivity contribution in [3.8, 4) is 17.3 Å². The van der Waals surface area contributed by atoms with E-state index in [1.165, 1.54) is 0 Å². The molecule has 0 atom stereocenters. The number of anilines is 2. The number of aromatic nitrogens is 3. The maximum atomic E-state index is 13.1. The molecular formula is C25H27N5O4. The number of nitrogens with one attached hydrogen (secondary N) is 1. The van der Waals surface area contributed by atoms with Gasteiger partial charge < -0.3 is 24.0 Å². The summed E-state index contributed by atoms with van der Waals surface area (Å²) in [7, 11) is 0. The van der Waals surface area contributed by atoms with Gasteiger partial charge in [-0.15, -0.1) is 0 Å². The Morgan fingerprint density at radius 3 is 2.56 bits per heavy atom. The van der Waals surface area contributed by atoms with Crippen LogP contribution in [-0.4, -0.2) is 40.9 Å². The van der Waals surface area contributed by atoms with Crippen LogP contribution in [0.5, 0.6) is 5.88 Å². The fourth-order valence-electron chi connectivity index (χ4n) is 3.58. The molecule has 0 spiro atoms. The van der Waals surface area contributed by atoms with Crippen molar-refractivity contribution in [2.75, 3.05) is 29.9 Å². The zero-order valence-electron chi connectivity index (χ0n) is 19.4. The predicted molar refractivity (Wildman–Crippen MR) is 128 cm³/mol. The zero-order chi connectivity index (χ0) is 23.9. The molecule has 4 aromatic rings. The predicted octanol–water partition coefficient (Wildman–Crippen LogP) is 4.75. The van der Waals surface area contributed by atoms with Gasteiger partial charge in [-0.05, 0) is 51.1 Å². The normalized spacial score (nSPS) is 10.8. The van der Waals surface area contributed by atoms with Crippen molar-refractivity contribution in [1.82, 2.24) is 15.3 Å². The summed E-state index contributed by atoms with van der Waals surface area (Å²) in [6.07, 6.45) is 2.15. The summed E-state index contributed by atoms with van der Waals surface area (Å²) in [5.41, 5.74) is 2.97. The van der Waals surface area contributed by atoms with E-state index in [0.29, 0.717) is 47.3 Å². The van der Waals surface area contributed by atoms with E-state index in [1.807, 2.05) is 36.4 Å². The molecule has 9 nitrogen and oxygen atoms in total. The largest absolute Gasteiger partial charge is 0.477 e. The number of pyridine rings is 1. The Morgan fingerprint density at radius 2 is 1.85 bits per heavy atom. The Labute approximate surface area is 197 Å². The minimum atomic E-state index is -0.327. The summed E-state index contributed by atoms with van der Waals surface area (Å²) in [6, 6.07) is 14.9. The van der Waals surface area contributed by atoms with Crippen molar-refractivity contribution in [2.45, 2.75) is 27.2 Å². The summed E-state index contributed by atoms with van der Waals surface area (Å²) in [6.45, 7) is 8.14. The molecule has 0 saturated heterocycles. The van der Waals surface area contributed by atoms with E-state index in [1.54, 1.807) is 25.3 Å². The van der Waals surface area contributed by atoms with Gasteiger partial charge in [0.1, 0.15) is 11.3 Å². The number of rotatable bonds is 10. The standard InChI is InChI=1S/C25H27N5O4/c1-4-30(5-2)19-11-9-18(10-12-19)27-25(31)23-17(3)28-34-24(23)21-16-20(33-29-21)13-15-32-22-8-6-7-14-26-22/h6-12,14,16H,4-5,13,15H2,1-3H3,(H,27,31). The van der Waals surface area contributed by atoms with E-state index >= 15 is 0 Å². The van der Waals surface area contributed by atoms with Crippen molar-refractivity contribution >= 4 is 17.3 Å². The van der Waals surface area contributed by atoms with Gasteiger partial charge in [0.05, 0.1) is 12.3 Å². The molecule has 176 valence electrons. The SMILES string of the molecule is CCN(CC)c1ccc(NC(=O)c2c(C)noc2-c2cc(CCOc3ccccn3)on2)cc1. The highest BCUT2D eigenvalue weighted by atomic mass is 16.5. The molecule has 34 heavy (non-hydrogen) atoms. The second kappa shape index (κ2) is 10.7.